The number of benzene rings is 2. The van der Waals surface area contributed by atoms with Gasteiger partial charge in [-0.25, -0.2) is 0 Å². The van der Waals surface area contributed by atoms with Crippen LogP contribution in [0.4, 0.5) is 0 Å². The van der Waals surface area contributed by atoms with Gasteiger partial charge in [0.25, 0.3) is 5.91 Å². The highest BCUT2D eigenvalue weighted by molar-refractivity contribution is 5.95. The van der Waals surface area contributed by atoms with E-state index in [1.807, 2.05) is 24.3 Å². The molecular weight excluding hydrogens is 294 g/mol. The molecule has 2 aromatic carbocycles. The van der Waals surface area contributed by atoms with Gasteiger partial charge in [-0.2, -0.15) is 0 Å². The van der Waals surface area contributed by atoms with E-state index < -0.39 is 0 Å². The molecule has 0 saturated carbocycles. The van der Waals surface area contributed by atoms with Crippen LogP contribution in [-0.2, 0) is 6.42 Å². The molecule has 120 valence electrons. The second-order valence-corrected chi connectivity index (χ2v) is 5.36. The van der Waals surface area contributed by atoms with Gasteiger partial charge < -0.3 is 19.5 Å². The van der Waals surface area contributed by atoms with E-state index in [0.29, 0.717) is 23.7 Å². The summed E-state index contributed by atoms with van der Waals surface area (Å²) in [6, 6.07) is 12.9. The van der Waals surface area contributed by atoms with Crippen molar-refractivity contribution in [1.29, 1.82) is 0 Å². The smallest absolute Gasteiger partial charge is 0.251 e. The van der Waals surface area contributed by atoms with Crippen LogP contribution in [0.5, 0.6) is 17.2 Å². The van der Waals surface area contributed by atoms with E-state index in [4.69, 9.17) is 14.2 Å². The van der Waals surface area contributed by atoms with Crippen molar-refractivity contribution in [3.63, 3.8) is 0 Å². The minimum atomic E-state index is -0.154. The van der Waals surface area contributed by atoms with Crippen LogP contribution in [0.3, 0.4) is 0 Å². The largest absolute Gasteiger partial charge is 0.493 e. The zero-order valence-electron chi connectivity index (χ0n) is 13.2. The molecule has 1 aliphatic rings. The summed E-state index contributed by atoms with van der Waals surface area (Å²) >= 11 is 0. The summed E-state index contributed by atoms with van der Waals surface area (Å²) < 4.78 is 16.1. The lowest BCUT2D eigenvalue weighted by atomic mass is 10.0. The van der Waals surface area contributed by atoms with E-state index in [1.165, 1.54) is 0 Å². The molecule has 1 unspecified atom stereocenters. The first-order chi connectivity index (χ1) is 11.2. The van der Waals surface area contributed by atoms with E-state index in [0.717, 1.165) is 17.7 Å². The first-order valence-electron chi connectivity index (χ1n) is 7.45. The van der Waals surface area contributed by atoms with Crippen LogP contribution in [-0.4, -0.2) is 32.8 Å². The van der Waals surface area contributed by atoms with Gasteiger partial charge in [-0.3, -0.25) is 4.79 Å². The number of rotatable bonds is 4. The summed E-state index contributed by atoms with van der Waals surface area (Å²) in [7, 11) is 3.11. The Morgan fingerprint density at radius 2 is 1.91 bits per heavy atom. The lowest BCUT2D eigenvalue weighted by Crippen LogP contribution is -2.42. The third-order valence-corrected chi connectivity index (χ3v) is 3.86. The standard InChI is InChI=1S/C18H19NO4/c1-21-16-8-7-13(10-17(16)22-2)18(20)19-14-9-12-5-3-4-6-15(12)23-11-14/h3-8,10,14H,9,11H2,1-2H3,(H,19,20). The Hall–Kier alpha value is -2.69. The molecule has 1 heterocycles. The second-order valence-electron chi connectivity index (χ2n) is 5.36. The highest BCUT2D eigenvalue weighted by Gasteiger charge is 2.22. The van der Waals surface area contributed by atoms with Crippen LogP contribution >= 0.6 is 0 Å². The summed E-state index contributed by atoms with van der Waals surface area (Å²) in [5.74, 6) is 1.87. The highest BCUT2D eigenvalue weighted by atomic mass is 16.5. The predicted molar refractivity (Wildman–Crippen MR) is 86.4 cm³/mol. The number of nitrogens with one attached hydrogen (secondary N) is 1. The fourth-order valence-corrected chi connectivity index (χ4v) is 2.67. The van der Waals surface area contributed by atoms with Crippen LogP contribution in [0.15, 0.2) is 42.5 Å². The number of hydrogen-bond acceptors (Lipinski definition) is 4. The molecule has 0 aliphatic carbocycles. The Kier molecular flexibility index (Phi) is 4.37. The molecule has 23 heavy (non-hydrogen) atoms. The maximum atomic E-state index is 12.4. The van der Waals surface area contributed by atoms with Gasteiger partial charge in [0.2, 0.25) is 0 Å². The molecule has 5 nitrogen and oxygen atoms in total. The summed E-state index contributed by atoms with van der Waals surface area (Å²) in [6.07, 6.45) is 0.759. The lowest BCUT2D eigenvalue weighted by Gasteiger charge is -2.26. The van der Waals surface area contributed by atoms with Gasteiger partial charge in [0.15, 0.2) is 11.5 Å². The minimum absolute atomic E-state index is 0.0505. The topological polar surface area (TPSA) is 56.8 Å². The van der Waals surface area contributed by atoms with Crippen molar-refractivity contribution in [2.45, 2.75) is 12.5 Å². The number of ether oxygens (including phenoxy) is 3. The van der Waals surface area contributed by atoms with Gasteiger partial charge in [0.05, 0.1) is 20.3 Å². The average molecular weight is 313 g/mol. The predicted octanol–water partition coefficient (Wildman–Crippen LogP) is 2.44. The van der Waals surface area contributed by atoms with Crippen LogP contribution in [0.1, 0.15) is 15.9 Å². The van der Waals surface area contributed by atoms with Gasteiger partial charge in [0, 0.05) is 5.56 Å². The summed E-state index contributed by atoms with van der Waals surface area (Å²) in [5, 5.41) is 3.00. The van der Waals surface area contributed by atoms with Crippen molar-refractivity contribution in [1.82, 2.24) is 5.32 Å². The first kappa shape index (κ1) is 15.2. The van der Waals surface area contributed by atoms with Crippen molar-refractivity contribution in [3.05, 3.63) is 53.6 Å². The molecule has 0 saturated heterocycles. The number of carbonyl (C=O) groups is 1. The molecule has 5 heteroatoms. The fraction of sp³-hybridized carbons (Fsp3) is 0.278. The summed E-state index contributed by atoms with van der Waals surface area (Å²) in [5.41, 5.74) is 1.64. The second kappa shape index (κ2) is 6.60. The van der Waals surface area contributed by atoms with Crippen molar-refractivity contribution in [2.24, 2.45) is 0 Å². The van der Waals surface area contributed by atoms with Crippen LogP contribution in [0, 0.1) is 0 Å². The van der Waals surface area contributed by atoms with E-state index in [2.05, 4.69) is 5.32 Å². The van der Waals surface area contributed by atoms with E-state index >= 15 is 0 Å². The maximum Gasteiger partial charge on any atom is 0.251 e. The van der Waals surface area contributed by atoms with Crippen molar-refractivity contribution in [3.8, 4) is 17.2 Å². The van der Waals surface area contributed by atoms with Gasteiger partial charge in [-0.05, 0) is 36.2 Å². The molecule has 0 aromatic heterocycles. The first-order valence-corrected chi connectivity index (χ1v) is 7.45. The maximum absolute atomic E-state index is 12.4. The quantitative estimate of drug-likeness (QED) is 0.942. The molecule has 0 radical (unpaired) electrons. The Morgan fingerprint density at radius 1 is 1.13 bits per heavy atom. The van der Waals surface area contributed by atoms with Crippen molar-refractivity contribution < 1.29 is 19.0 Å². The zero-order chi connectivity index (χ0) is 16.2. The number of para-hydroxylation sites is 1. The molecule has 3 rings (SSSR count). The lowest BCUT2D eigenvalue weighted by molar-refractivity contribution is 0.0915. The van der Waals surface area contributed by atoms with Crippen molar-refractivity contribution >= 4 is 5.91 Å². The van der Waals surface area contributed by atoms with E-state index in [-0.39, 0.29) is 11.9 Å². The normalized spacial score (nSPS) is 16.0. The Balaban J connectivity index is 1.70. The molecule has 1 atom stereocenters. The molecule has 0 fully saturated rings. The molecule has 1 amide bonds. The Morgan fingerprint density at radius 3 is 2.70 bits per heavy atom. The fourth-order valence-electron chi connectivity index (χ4n) is 2.67. The number of amides is 1. The van der Waals surface area contributed by atoms with Crippen LogP contribution < -0.4 is 19.5 Å². The molecule has 1 aliphatic heterocycles. The number of methoxy groups -OCH3 is 2. The molecule has 0 bridgehead atoms. The molecule has 0 spiro atoms. The Bertz CT molecular complexity index is 714. The third kappa shape index (κ3) is 3.23. The number of fused-ring (bicyclic) bond motifs is 1. The van der Waals surface area contributed by atoms with E-state index in [9.17, 15) is 4.79 Å². The third-order valence-electron chi connectivity index (χ3n) is 3.86. The van der Waals surface area contributed by atoms with Gasteiger partial charge >= 0.3 is 0 Å². The number of carbonyl (C=O) groups excluding carboxylic acids is 1. The monoisotopic (exact) mass is 313 g/mol. The number of hydrogen-bond donors (Lipinski definition) is 1. The minimum Gasteiger partial charge on any atom is -0.493 e. The molecule has 2 aromatic rings. The van der Waals surface area contributed by atoms with Crippen LogP contribution in [0.2, 0.25) is 0 Å². The van der Waals surface area contributed by atoms with Crippen molar-refractivity contribution in [2.75, 3.05) is 20.8 Å². The summed E-state index contributed by atoms with van der Waals surface area (Å²) in [6.45, 7) is 0.468. The molecule has 1 N–H and O–H groups in total. The van der Waals surface area contributed by atoms with Gasteiger partial charge in [-0.15, -0.1) is 0 Å². The zero-order valence-corrected chi connectivity index (χ0v) is 13.2. The van der Waals surface area contributed by atoms with Gasteiger partial charge in [-0.1, -0.05) is 18.2 Å². The summed E-state index contributed by atoms with van der Waals surface area (Å²) in [4.78, 5) is 12.4. The molecular formula is C18H19NO4. The SMILES string of the molecule is COc1ccc(C(=O)NC2COc3ccccc3C2)cc1OC. The van der Waals surface area contributed by atoms with Gasteiger partial charge in [0.1, 0.15) is 12.4 Å². The average Bonchev–Trinajstić information content (AvgIpc) is 2.60. The highest BCUT2D eigenvalue weighted by Crippen LogP contribution is 2.28. The van der Waals surface area contributed by atoms with Crippen LogP contribution in [0.25, 0.3) is 0 Å². The van der Waals surface area contributed by atoms with E-state index in [1.54, 1.807) is 32.4 Å². The Labute approximate surface area is 135 Å².